The number of hydrogen-bond donors (Lipinski definition) is 1. The minimum absolute atomic E-state index is 0.353. The van der Waals surface area contributed by atoms with Crippen molar-refractivity contribution in [2.24, 2.45) is 0 Å². The molecule has 1 aromatic rings. The van der Waals surface area contributed by atoms with E-state index in [0.717, 1.165) is 0 Å². The van der Waals surface area contributed by atoms with Crippen LogP contribution in [0.1, 0.15) is 0 Å². The minimum atomic E-state index is -0.455. The van der Waals surface area contributed by atoms with E-state index < -0.39 is 6.09 Å². The van der Waals surface area contributed by atoms with Gasteiger partial charge in [-0.1, -0.05) is 6.07 Å². The van der Waals surface area contributed by atoms with Crippen LogP contribution < -0.4 is 10.5 Å². The highest BCUT2D eigenvalue weighted by molar-refractivity contribution is 9.10. The van der Waals surface area contributed by atoms with Crippen molar-refractivity contribution in [3.05, 3.63) is 22.7 Å². The van der Waals surface area contributed by atoms with Crippen LogP contribution in [0.4, 0.5) is 10.5 Å². The minimum Gasteiger partial charge on any atom is -0.407 e. The summed E-state index contributed by atoms with van der Waals surface area (Å²) >= 11 is 3.25. The summed E-state index contributed by atoms with van der Waals surface area (Å²) in [7, 11) is 3.21. The summed E-state index contributed by atoms with van der Waals surface area (Å²) in [6.07, 6.45) is -0.455. The lowest BCUT2D eigenvalue weighted by Crippen LogP contribution is -2.25. The van der Waals surface area contributed by atoms with Crippen molar-refractivity contribution in [1.82, 2.24) is 4.90 Å². The number of halogens is 1. The molecule has 0 aliphatic heterocycles. The van der Waals surface area contributed by atoms with Gasteiger partial charge < -0.3 is 15.4 Å². The predicted molar refractivity (Wildman–Crippen MR) is 58.3 cm³/mol. The average molecular weight is 259 g/mol. The van der Waals surface area contributed by atoms with E-state index in [2.05, 4.69) is 15.9 Å². The highest BCUT2D eigenvalue weighted by Gasteiger charge is 2.11. The van der Waals surface area contributed by atoms with Gasteiger partial charge in [0.25, 0.3) is 0 Å². The molecule has 0 unspecified atom stereocenters. The highest BCUT2D eigenvalue weighted by Crippen LogP contribution is 2.31. The van der Waals surface area contributed by atoms with E-state index in [9.17, 15) is 4.79 Å². The Labute approximate surface area is 90.8 Å². The first kappa shape index (κ1) is 10.8. The standard InChI is InChI=1S/C9H11BrN2O2/c1-12(2)9(13)14-8-6(10)4-3-5-7(8)11/h3-5H,11H2,1-2H3. The maximum Gasteiger partial charge on any atom is 0.414 e. The fourth-order valence-electron chi connectivity index (χ4n) is 0.812. The highest BCUT2D eigenvalue weighted by atomic mass is 79.9. The summed E-state index contributed by atoms with van der Waals surface area (Å²) in [5, 5.41) is 0. The Morgan fingerprint density at radius 1 is 1.50 bits per heavy atom. The number of carbonyl (C=O) groups is 1. The van der Waals surface area contributed by atoms with Crippen LogP contribution in [0.3, 0.4) is 0 Å². The summed E-state index contributed by atoms with van der Waals surface area (Å²) < 4.78 is 5.71. The smallest absolute Gasteiger partial charge is 0.407 e. The molecule has 0 heterocycles. The molecule has 0 aliphatic carbocycles. The second-order valence-corrected chi connectivity index (χ2v) is 3.77. The Morgan fingerprint density at radius 2 is 2.14 bits per heavy atom. The van der Waals surface area contributed by atoms with Gasteiger partial charge in [0.2, 0.25) is 0 Å². The van der Waals surface area contributed by atoms with E-state index in [1.54, 1.807) is 32.3 Å². The van der Waals surface area contributed by atoms with Gasteiger partial charge in [0.15, 0.2) is 5.75 Å². The topological polar surface area (TPSA) is 55.6 Å². The molecule has 0 radical (unpaired) electrons. The first-order valence-electron chi connectivity index (χ1n) is 3.95. The number of anilines is 1. The Bertz CT molecular complexity index is 332. The van der Waals surface area contributed by atoms with Crippen LogP contribution in [0.5, 0.6) is 5.75 Å². The molecule has 0 bridgehead atoms. The molecule has 0 aliphatic rings. The summed E-state index contributed by atoms with van der Waals surface area (Å²) in [6, 6.07) is 5.20. The molecule has 5 heteroatoms. The fourth-order valence-corrected chi connectivity index (χ4v) is 1.27. The van der Waals surface area contributed by atoms with Gasteiger partial charge in [-0.15, -0.1) is 0 Å². The summed E-state index contributed by atoms with van der Waals surface area (Å²) in [5.74, 6) is 0.353. The molecule has 1 amide bonds. The number of amides is 1. The van der Waals surface area contributed by atoms with Gasteiger partial charge in [0.05, 0.1) is 10.2 Å². The number of hydrogen-bond acceptors (Lipinski definition) is 3. The molecule has 1 rings (SSSR count). The van der Waals surface area contributed by atoms with Crippen LogP contribution in [0, 0.1) is 0 Å². The van der Waals surface area contributed by atoms with Crippen molar-refractivity contribution in [1.29, 1.82) is 0 Å². The quantitative estimate of drug-likeness (QED) is 0.785. The molecule has 1 aromatic carbocycles. The fraction of sp³-hybridized carbons (Fsp3) is 0.222. The largest absolute Gasteiger partial charge is 0.414 e. The van der Waals surface area contributed by atoms with Crippen LogP contribution in [-0.2, 0) is 0 Å². The monoisotopic (exact) mass is 258 g/mol. The third-order valence-electron chi connectivity index (χ3n) is 1.55. The van der Waals surface area contributed by atoms with Crippen molar-refractivity contribution >= 4 is 27.7 Å². The van der Waals surface area contributed by atoms with Gasteiger partial charge >= 0.3 is 6.09 Å². The summed E-state index contributed by atoms with van der Waals surface area (Å²) in [6.45, 7) is 0. The zero-order valence-electron chi connectivity index (χ0n) is 7.95. The molecule has 14 heavy (non-hydrogen) atoms. The van der Waals surface area contributed by atoms with Gasteiger partial charge in [-0.2, -0.15) is 0 Å². The Kier molecular flexibility index (Phi) is 3.35. The van der Waals surface area contributed by atoms with E-state index >= 15 is 0 Å². The number of rotatable bonds is 1. The number of ether oxygens (including phenoxy) is 1. The number of nitrogen functional groups attached to an aromatic ring is 1. The van der Waals surface area contributed by atoms with E-state index in [4.69, 9.17) is 10.5 Å². The van der Waals surface area contributed by atoms with E-state index in [1.807, 2.05) is 0 Å². The van der Waals surface area contributed by atoms with Crippen molar-refractivity contribution in [3.8, 4) is 5.75 Å². The zero-order chi connectivity index (χ0) is 10.7. The molecular weight excluding hydrogens is 248 g/mol. The van der Waals surface area contributed by atoms with Crippen LogP contribution in [0.25, 0.3) is 0 Å². The van der Waals surface area contributed by atoms with Crippen molar-refractivity contribution in [3.63, 3.8) is 0 Å². The molecule has 2 N–H and O–H groups in total. The molecule has 0 saturated heterocycles. The number of benzene rings is 1. The summed E-state index contributed by atoms with van der Waals surface area (Å²) in [4.78, 5) is 12.6. The maximum absolute atomic E-state index is 11.2. The van der Waals surface area contributed by atoms with Crippen molar-refractivity contribution in [2.75, 3.05) is 19.8 Å². The van der Waals surface area contributed by atoms with Crippen LogP contribution in [0.15, 0.2) is 22.7 Å². The third kappa shape index (κ3) is 2.38. The first-order chi connectivity index (χ1) is 6.52. The van der Waals surface area contributed by atoms with Gasteiger partial charge in [-0.05, 0) is 28.1 Å². The number of carbonyl (C=O) groups excluding carboxylic acids is 1. The van der Waals surface area contributed by atoms with Crippen LogP contribution in [-0.4, -0.2) is 25.1 Å². The molecular formula is C9H11BrN2O2. The van der Waals surface area contributed by atoms with Gasteiger partial charge in [-0.25, -0.2) is 4.79 Å². The molecule has 0 saturated carbocycles. The molecule has 0 fully saturated rings. The summed E-state index contributed by atoms with van der Waals surface area (Å²) in [5.41, 5.74) is 6.07. The van der Waals surface area contributed by atoms with Crippen LogP contribution >= 0.6 is 15.9 Å². The van der Waals surface area contributed by atoms with Gasteiger partial charge in [-0.3, -0.25) is 0 Å². The lowest BCUT2D eigenvalue weighted by molar-refractivity contribution is 0.172. The molecule has 0 atom stereocenters. The van der Waals surface area contributed by atoms with E-state index in [0.29, 0.717) is 15.9 Å². The average Bonchev–Trinajstić information content (AvgIpc) is 2.11. The predicted octanol–water partition coefficient (Wildman–Crippen LogP) is 2.09. The molecule has 0 spiro atoms. The zero-order valence-corrected chi connectivity index (χ0v) is 9.54. The molecule has 0 aromatic heterocycles. The van der Waals surface area contributed by atoms with E-state index in [1.165, 1.54) is 4.90 Å². The molecule has 76 valence electrons. The molecule has 4 nitrogen and oxygen atoms in total. The van der Waals surface area contributed by atoms with Crippen molar-refractivity contribution in [2.45, 2.75) is 0 Å². The number of nitrogens with two attached hydrogens (primary N) is 1. The Balaban J connectivity index is 2.91. The lowest BCUT2D eigenvalue weighted by Gasteiger charge is -2.13. The van der Waals surface area contributed by atoms with Gasteiger partial charge in [0, 0.05) is 14.1 Å². The SMILES string of the molecule is CN(C)C(=O)Oc1c(N)cccc1Br. The number of para-hydroxylation sites is 1. The maximum atomic E-state index is 11.2. The lowest BCUT2D eigenvalue weighted by atomic mass is 10.3. The van der Waals surface area contributed by atoms with Crippen LogP contribution in [0.2, 0.25) is 0 Å². The second kappa shape index (κ2) is 4.32. The second-order valence-electron chi connectivity index (χ2n) is 2.92. The Morgan fingerprint density at radius 3 is 2.64 bits per heavy atom. The van der Waals surface area contributed by atoms with Crippen molar-refractivity contribution < 1.29 is 9.53 Å². The van der Waals surface area contributed by atoms with E-state index in [-0.39, 0.29) is 0 Å². The first-order valence-corrected chi connectivity index (χ1v) is 4.75. The third-order valence-corrected chi connectivity index (χ3v) is 2.18. The Hall–Kier alpha value is -1.23. The normalized spacial score (nSPS) is 9.64. The number of nitrogens with zero attached hydrogens (tertiary/aromatic N) is 1. The van der Waals surface area contributed by atoms with Gasteiger partial charge in [0.1, 0.15) is 0 Å².